The molecular weight excluding hydrogens is 304 g/mol. The molecule has 3 rings (SSSR count). The highest BCUT2D eigenvalue weighted by Gasteiger charge is 2.26. The van der Waals surface area contributed by atoms with Crippen LogP contribution in [0.15, 0.2) is 18.2 Å². The predicted octanol–water partition coefficient (Wildman–Crippen LogP) is 2.53. The summed E-state index contributed by atoms with van der Waals surface area (Å²) in [6.07, 6.45) is 5.62. The first-order valence-electron chi connectivity index (χ1n) is 9.01. The lowest BCUT2D eigenvalue weighted by atomic mass is 9.84. The van der Waals surface area contributed by atoms with Crippen molar-refractivity contribution in [3.8, 4) is 11.5 Å². The largest absolute Gasteiger partial charge is 0.508 e. The molecule has 1 saturated heterocycles. The van der Waals surface area contributed by atoms with Crippen molar-refractivity contribution in [1.82, 2.24) is 10.2 Å². The molecule has 1 aliphatic carbocycles. The third kappa shape index (κ3) is 4.20. The molecule has 1 aromatic rings. The molecule has 1 saturated carbocycles. The predicted molar refractivity (Wildman–Crippen MR) is 93.0 cm³/mol. The fraction of sp³-hybridized carbons (Fsp3) is 0.632. The molecule has 2 N–H and O–H groups in total. The van der Waals surface area contributed by atoms with Gasteiger partial charge in [0.15, 0.2) is 0 Å². The molecule has 1 aromatic carbocycles. The number of ether oxygens (including phenoxy) is 1. The molecule has 1 amide bonds. The average molecular weight is 332 g/mol. The van der Waals surface area contributed by atoms with Crippen LogP contribution in [0, 0.1) is 11.8 Å². The molecule has 5 nitrogen and oxygen atoms in total. The van der Waals surface area contributed by atoms with Crippen LogP contribution in [-0.4, -0.2) is 42.7 Å². The molecule has 24 heavy (non-hydrogen) atoms. The normalized spacial score (nSPS) is 22.0. The summed E-state index contributed by atoms with van der Waals surface area (Å²) in [4.78, 5) is 14.4. The molecule has 5 heteroatoms. The number of piperidine rings is 1. The highest BCUT2D eigenvalue weighted by molar-refractivity contribution is 5.79. The van der Waals surface area contributed by atoms with E-state index in [4.69, 9.17) is 4.74 Å². The van der Waals surface area contributed by atoms with E-state index in [1.807, 2.05) is 6.07 Å². The summed E-state index contributed by atoms with van der Waals surface area (Å²) < 4.78 is 5.40. The second-order valence-electron chi connectivity index (χ2n) is 7.11. The van der Waals surface area contributed by atoms with Crippen LogP contribution in [-0.2, 0) is 11.3 Å². The van der Waals surface area contributed by atoms with Crippen molar-refractivity contribution in [2.75, 3.05) is 26.7 Å². The minimum atomic E-state index is 0.244. The lowest BCUT2D eigenvalue weighted by Gasteiger charge is -2.33. The molecule has 1 heterocycles. The van der Waals surface area contributed by atoms with Gasteiger partial charge in [0.05, 0.1) is 7.11 Å². The number of hydrogen-bond donors (Lipinski definition) is 2. The summed E-state index contributed by atoms with van der Waals surface area (Å²) in [5.74, 6) is 2.10. The van der Waals surface area contributed by atoms with Crippen LogP contribution in [0.2, 0.25) is 0 Å². The van der Waals surface area contributed by atoms with Crippen LogP contribution in [0.4, 0.5) is 0 Å². The average Bonchev–Trinajstić information content (AvgIpc) is 2.52. The number of phenols is 1. The highest BCUT2D eigenvalue weighted by Crippen LogP contribution is 2.28. The van der Waals surface area contributed by atoms with Gasteiger partial charge in [0.1, 0.15) is 11.5 Å². The van der Waals surface area contributed by atoms with Gasteiger partial charge in [-0.05, 0) is 56.3 Å². The zero-order valence-electron chi connectivity index (χ0n) is 14.5. The number of amides is 1. The number of aromatic hydroxyl groups is 1. The molecule has 0 bridgehead atoms. The first-order chi connectivity index (χ1) is 11.7. The lowest BCUT2D eigenvalue weighted by Crippen LogP contribution is -2.42. The quantitative estimate of drug-likeness (QED) is 0.840. The molecule has 132 valence electrons. The lowest BCUT2D eigenvalue weighted by molar-refractivity contribution is -0.127. The number of benzene rings is 1. The number of nitrogens with zero attached hydrogens (tertiary/aromatic N) is 1. The number of carbonyl (C=O) groups excluding carboxylic acids is 1. The number of carbonyl (C=O) groups is 1. The van der Waals surface area contributed by atoms with E-state index < -0.39 is 0 Å². The molecule has 2 aliphatic rings. The van der Waals surface area contributed by atoms with E-state index in [0.29, 0.717) is 5.92 Å². The third-order valence-corrected chi connectivity index (χ3v) is 5.30. The molecule has 0 unspecified atom stereocenters. The molecule has 0 radical (unpaired) electrons. The van der Waals surface area contributed by atoms with Crippen LogP contribution in [0.25, 0.3) is 0 Å². The van der Waals surface area contributed by atoms with Crippen molar-refractivity contribution in [1.29, 1.82) is 0 Å². The maximum atomic E-state index is 12.0. The Morgan fingerprint density at radius 2 is 2.17 bits per heavy atom. The van der Waals surface area contributed by atoms with Crippen LogP contribution in [0.1, 0.15) is 37.7 Å². The standard InChI is InChI=1S/C19H28N2O3/c1-24-18-8-7-17(22)10-16(18)13-21-9-3-4-14(12-21)11-20-19(23)15-5-2-6-15/h7-8,10,14-15,22H,2-6,9,11-13H2,1H3,(H,20,23)/t14-/m0/s1. The molecule has 1 aliphatic heterocycles. The number of phenolic OH excluding ortho intramolecular Hbond substituents is 1. The van der Waals surface area contributed by atoms with E-state index in [1.54, 1.807) is 19.2 Å². The summed E-state index contributed by atoms with van der Waals surface area (Å²) in [6, 6.07) is 5.24. The van der Waals surface area contributed by atoms with Crippen molar-refractivity contribution >= 4 is 5.91 Å². The van der Waals surface area contributed by atoms with Gasteiger partial charge in [-0.2, -0.15) is 0 Å². The van der Waals surface area contributed by atoms with E-state index in [-0.39, 0.29) is 17.6 Å². The Hall–Kier alpha value is -1.75. The summed E-state index contributed by atoms with van der Waals surface area (Å²) in [7, 11) is 1.66. The molecule has 2 fully saturated rings. The SMILES string of the molecule is COc1ccc(O)cc1CN1CCC[C@@H](CNC(=O)C2CCC2)C1. The number of likely N-dealkylation sites (tertiary alicyclic amines) is 1. The van der Waals surface area contributed by atoms with Crippen molar-refractivity contribution in [2.45, 2.75) is 38.6 Å². The smallest absolute Gasteiger partial charge is 0.223 e. The Bertz CT molecular complexity index is 572. The molecular formula is C19H28N2O3. The third-order valence-electron chi connectivity index (χ3n) is 5.30. The van der Waals surface area contributed by atoms with Crippen molar-refractivity contribution in [2.24, 2.45) is 11.8 Å². The van der Waals surface area contributed by atoms with E-state index in [0.717, 1.165) is 56.8 Å². The van der Waals surface area contributed by atoms with Crippen molar-refractivity contribution in [3.63, 3.8) is 0 Å². The minimum absolute atomic E-state index is 0.244. The summed E-state index contributed by atoms with van der Waals surface area (Å²) in [6.45, 7) is 3.57. The first kappa shape index (κ1) is 17.1. The van der Waals surface area contributed by atoms with E-state index in [9.17, 15) is 9.90 Å². The summed E-state index contributed by atoms with van der Waals surface area (Å²) >= 11 is 0. The van der Waals surface area contributed by atoms with Gasteiger partial charge >= 0.3 is 0 Å². The molecule has 0 spiro atoms. The maximum Gasteiger partial charge on any atom is 0.223 e. The monoisotopic (exact) mass is 332 g/mol. The van der Waals surface area contributed by atoms with Crippen molar-refractivity contribution in [3.05, 3.63) is 23.8 Å². The zero-order valence-corrected chi connectivity index (χ0v) is 14.5. The first-order valence-corrected chi connectivity index (χ1v) is 9.01. The van der Waals surface area contributed by atoms with Crippen LogP contribution in [0.5, 0.6) is 11.5 Å². The van der Waals surface area contributed by atoms with Crippen LogP contribution >= 0.6 is 0 Å². The topological polar surface area (TPSA) is 61.8 Å². The number of nitrogens with one attached hydrogen (secondary N) is 1. The Labute approximate surface area is 144 Å². The second kappa shape index (κ2) is 7.88. The zero-order chi connectivity index (χ0) is 16.9. The van der Waals surface area contributed by atoms with Gasteiger partial charge < -0.3 is 15.2 Å². The van der Waals surface area contributed by atoms with Crippen LogP contribution in [0.3, 0.4) is 0 Å². The molecule has 0 aromatic heterocycles. The second-order valence-corrected chi connectivity index (χ2v) is 7.11. The Morgan fingerprint density at radius 1 is 1.33 bits per heavy atom. The fourth-order valence-electron chi connectivity index (χ4n) is 3.65. The van der Waals surface area contributed by atoms with Gasteiger partial charge in [-0.3, -0.25) is 9.69 Å². The summed E-state index contributed by atoms with van der Waals surface area (Å²) in [5, 5.41) is 12.9. The van der Waals surface area contributed by atoms with E-state index in [2.05, 4.69) is 10.2 Å². The maximum absolute atomic E-state index is 12.0. The highest BCUT2D eigenvalue weighted by atomic mass is 16.5. The molecule has 1 atom stereocenters. The van der Waals surface area contributed by atoms with Gasteiger partial charge in [0, 0.05) is 31.1 Å². The van der Waals surface area contributed by atoms with Gasteiger partial charge in [0.2, 0.25) is 5.91 Å². The fourth-order valence-corrected chi connectivity index (χ4v) is 3.65. The van der Waals surface area contributed by atoms with E-state index in [1.165, 1.54) is 12.8 Å². The number of methoxy groups -OCH3 is 1. The number of rotatable bonds is 6. The van der Waals surface area contributed by atoms with Gasteiger partial charge in [-0.1, -0.05) is 6.42 Å². The Morgan fingerprint density at radius 3 is 2.88 bits per heavy atom. The number of hydrogen-bond acceptors (Lipinski definition) is 4. The van der Waals surface area contributed by atoms with Gasteiger partial charge in [-0.25, -0.2) is 0 Å². The van der Waals surface area contributed by atoms with Crippen molar-refractivity contribution < 1.29 is 14.6 Å². The van der Waals surface area contributed by atoms with E-state index >= 15 is 0 Å². The summed E-state index contributed by atoms with van der Waals surface area (Å²) in [5.41, 5.74) is 1.01. The Kier molecular flexibility index (Phi) is 5.61. The van der Waals surface area contributed by atoms with Gasteiger partial charge in [-0.15, -0.1) is 0 Å². The Balaban J connectivity index is 1.51. The van der Waals surface area contributed by atoms with Crippen LogP contribution < -0.4 is 10.1 Å². The van der Waals surface area contributed by atoms with Gasteiger partial charge in [0.25, 0.3) is 0 Å². The minimum Gasteiger partial charge on any atom is -0.508 e.